The molecule has 1 aromatic rings. The van der Waals surface area contributed by atoms with E-state index in [2.05, 4.69) is 5.32 Å². The maximum Gasteiger partial charge on any atom is 0.217 e. The van der Waals surface area contributed by atoms with Gasteiger partial charge in [0.2, 0.25) is 18.2 Å². The molecule has 3 amide bonds. The monoisotopic (exact) mass is 367 g/mol. The molecule has 0 saturated heterocycles. The smallest absolute Gasteiger partial charge is 0.217 e. The van der Waals surface area contributed by atoms with Gasteiger partial charge in [-0.2, -0.15) is 0 Å². The Morgan fingerprint density at radius 1 is 1.15 bits per heavy atom. The van der Waals surface area contributed by atoms with Gasteiger partial charge < -0.3 is 21.5 Å². The molecule has 0 aliphatic carbocycles. The summed E-state index contributed by atoms with van der Waals surface area (Å²) in [6.07, 6.45) is 4.11. The van der Waals surface area contributed by atoms with E-state index in [0.717, 1.165) is 12.8 Å². The fourth-order valence-electron chi connectivity index (χ4n) is 2.45. The highest BCUT2D eigenvalue weighted by atomic mass is 19.1. The molecule has 144 valence electrons. The highest BCUT2D eigenvalue weighted by Gasteiger charge is 2.11. The lowest BCUT2D eigenvalue weighted by Gasteiger charge is -2.17. The van der Waals surface area contributed by atoms with Gasteiger partial charge in [-0.3, -0.25) is 14.4 Å². The topological polar surface area (TPSA) is 125 Å². The first-order valence-corrected chi connectivity index (χ1v) is 8.60. The van der Waals surface area contributed by atoms with Crippen LogP contribution >= 0.6 is 0 Å². The van der Waals surface area contributed by atoms with Crippen LogP contribution in [-0.2, 0) is 20.8 Å². The van der Waals surface area contributed by atoms with Gasteiger partial charge in [0.25, 0.3) is 0 Å². The molecule has 7 nitrogen and oxygen atoms in total. The number of unbranched alkanes of at least 4 members (excludes halogenated alkanes) is 2. The molecule has 26 heavy (non-hydrogen) atoms. The van der Waals surface area contributed by atoms with Crippen LogP contribution in [0.25, 0.3) is 0 Å². The average Bonchev–Trinajstić information content (AvgIpc) is 2.58. The van der Waals surface area contributed by atoms with Gasteiger partial charge in [0.15, 0.2) is 0 Å². The van der Waals surface area contributed by atoms with Crippen LogP contribution in [0.4, 0.5) is 4.39 Å². The minimum absolute atomic E-state index is 0.134. The maximum absolute atomic E-state index is 13.9. The highest BCUT2D eigenvalue weighted by Crippen LogP contribution is 2.20. The number of hydrogen-bond acceptors (Lipinski definition) is 4. The summed E-state index contributed by atoms with van der Waals surface area (Å²) in [7, 11) is 0. The molecule has 0 radical (unpaired) electrons. The summed E-state index contributed by atoms with van der Waals surface area (Å²) in [6.45, 7) is 0.149. The van der Waals surface area contributed by atoms with Gasteiger partial charge in [0, 0.05) is 12.8 Å². The average molecular weight is 367 g/mol. The van der Waals surface area contributed by atoms with Crippen LogP contribution in [0.15, 0.2) is 18.2 Å². The molecule has 0 spiro atoms. The Bertz CT molecular complexity index is 610. The number of primary amides is 2. The minimum atomic E-state index is -0.455. The van der Waals surface area contributed by atoms with E-state index >= 15 is 0 Å². The molecule has 1 aromatic carbocycles. The third kappa shape index (κ3) is 9.00. The summed E-state index contributed by atoms with van der Waals surface area (Å²) in [6, 6.07) is 4.11. The number of amides is 3. The Kier molecular flexibility index (Phi) is 9.74. The van der Waals surface area contributed by atoms with Gasteiger partial charge in [-0.1, -0.05) is 6.42 Å². The standard InChI is InChI=1S/C18H26FN3O4/c19-16-8-7-15(10-13(16)4-2-1-3-5-17(20)24)26-11-14(22-12-23)6-9-18(21)25/h7-8,10,12,14H,1-6,9,11H2,(H2,20,24)(H2,21,25)(H,22,23)/t14-/m0/s1. The van der Waals surface area contributed by atoms with Crippen molar-refractivity contribution in [3.8, 4) is 5.75 Å². The van der Waals surface area contributed by atoms with Crippen molar-refractivity contribution in [2.24, 2.45) is 11.5 Å². The Labute approximate surface area is 152 Å². The second-order valence-corrected chi connectivity index (χ2v) is 6.08. The number of nitrogens with two attached hydrogens (primary N) is 2. The number of aryl methyl sites for hydroxylation is 1. The fourth-order valence-corrected chi connectivity index (χ4v) is 2.45. The van der Waals surface area contributed by atoms with Crippen molar-refractivity contribution in [2.75, 3.05) is 6.61 Å². The number of carbonyl (C=O) groups is 3. The largest absolute Gasteiger partial charge is 0.491 e. The number of ether oxygens (including phenoxy) is 1. The van der Waals surface area contributed by atoms with Crippen LogP contribution in [0.2, 0.25) is 0 Å². The Morgan fingerprint density at radius 2 is 1.88 bits per heavy atom. The molecule has 0 saturated carbocycles. The van der Waals surface area contributed by atoms with Crippen molar-refractivity contribution in [3.05, 3.63) is 29.6 Å². The molecule has 0 aliphatic rings. The lowest BCUT2D eigenvalue weighted by atomic mass is 10.1. The molecule has 5 N–H and O–H groups in total. The molecule has 0 fully saturated rings. The summed E-state index contributed by atoms with van der Waals surface area (Å²) in [5.41, 5.74) is 10.7. The van der Waals surface area contributed by atoms with Crippen LogP contribution in [0, 0.1) is 5.82 Å². The van der Waals surface area contributed by atoms with Gasteiger partial charge >= 0.3 is 0 Å². The molecule has 0 aliphatic heterocycles. The van der Waals surface area contributed by atoms with Crippen molar-refractivity contribution in [1.82, 2.24) is 5.32 Å². The number of rotatable bonds is 14. The number of carbonyl (C=O) groups excluding carboxylic acids is 3. The SMILES string of the molecule is NC(=O)CCCCCc1cc(OC[C@H](CCC(N)=O)NC=O)ccc1F. The summed E-state index contributed by atoms with van der Waals surface area (Å²) in [5.74, 6) is -0.622. The van der Waals surface area contributed by atoms with Crippen molar-refractivity contribution in [3.63, 3.8) is 0 Å². The summed E-state index contributed by atoms with van der Waals surface area (Å²) in [5, 5.41) is 2.57. The van der Waals surface area contributed by atoms with E-state index in [1.165, 1.54) is 12.1 Å². The van der Waals surface area contributed by atoms with Gasteiger partial charge in [0.1, 0.15) is 18.2 Å². The van der Waals surface area contributed by atoms with Crippen molar-refractivity contribution in [1.29, 1.82) is 0 Å². The van der Waals surface area contributed by atoms with E-state index in [4.69, 9.17) is 16.2 Å². The molecule has 8 heteroatoms. The zero-order valence-electron chi connectivity index (χ0n) is 14.7. The van der Waals surface area contributed by atoms with Crippen molar-refractivity contribution < 1.29 is 23.5 Å². The summed E-state index contributed by atoms with van der Waals surface area (Å²) in [4.78, 5) is 32.2. The van der Waals surface area contributed by atoms with Crippen LogP contribution in [0.5, 0.6) is 5.75 Å². The van der Waals surface area contributed by atoms with Gasteiger partial charge in [-0.25, -0.2) is 4.39 Å². The van der Waals surface area contributed by atoms with Gasteiger partial charge in [-0.15, -0.1) is 0 Å². The normalized spacial score (nSPS) is 11.6. The van der Waals surface area contributed by atoms with E-state index in [-0.39, 0.29) is 30.8 Å². The molecular weight excluding hydrogens is 341 g/mol. The van der Waals surface area contributed by atoms with Crippen LogP contribution in [0.3, 0.4) is 0 Å². The quantitative estimate of drug-likeness (QED) is 0.337. The van der Waals surface area contributed by atoms with E-state index in [1.54, 1.807) is 6.07 Å². The lowest BCUT2D eigenvalue weighted by Crippen LogP contribution is -2.34. The second-order valence-electron chi connectivity index (χ2n) is 6.08. The Morgan fingerprint density at radius 3 is 2.54 bits per heavy atom. The van der Waals surface area contributed by atoms with Crippen LogP contribution < -0.4 is 21.5 Å². The number of hydrogen-bond donors (Lipinski definition) is 3. The Hall–Kier alpha value is -2.64. The zero-order chi connectivity index (χ0) is 19.4. The third-order valence-corrected chi connectivity index (χ3v) is 3.88. The predicted octanol–water partition coefficient (Wildman–Crippen LogP) is 1.17. The van der Waals surface area contributed by atoms with E-state index in [1.807, 2.05) is 0 Å². The molecule has 0 unspecified atom stereocenters. The van der Waals surface area contributed by atoms with Crippen LogP contribution in [0.1, 0.15) is 44.1 Å². The molecule has 1 rings (SSSR count). The van der Waals surface area contributed by atoms with Gasteiger partial charge in [-0.05, 0) is 49.4 Å². The fraction of sp³-hybridized carbons (Fsp3) is 0.500. The first-order chi connectivity index (χ1) is 12.4. The number of halogens is 1. The Balaban J connectivity index is 2.52. The van der Waals surface area contributed by atoms with Gasteiger partial charge in [0.05, 0.1) is 6.04 Å². The maximum atomic E-state index is 13.9. The van der Waals surface area contributed by atoms with E-state index in [0.29, 0.717) is 43.4 Å². The summed E-state index contributed by atoms with van der Waals surface area (Å²) < 4.78 is 19.5. The second kappa shape index (κ2) is 11.8. The number of benzene rings is 1. The molecular formula is C18H26FN3O4. The van der Waals surface area contributed by atoms with Crippen LogP contribution in [-0.4, -0.2) is 30.9 Å². The van der Waals surface area contributed by atoms with Crippen molar-refractivity contribution >= 4 is 18.2 Å². The molecule has 0 aromatic heterocycles. The number of nitrogens with one attached hydrogen (secondary N) is 1. The molecule has 1 atom stereocenters. The van der Waals surface area contributed by atoms with Crippen molar-refractivity contribution in [2.45, 2.75) is 51.0 Å². The van der Waals surface area contributed by atoms with E-state index < -0.39 is 5.91 Å². The first-order valence-electron chi connectivity index (χ1n) is 8.60. The first kappa shape index (κ1) is 21.4. The van der Waals surface area contributed by atoms with E-state index in [9.17, 15) is 18.8 Å². The summed E-state index contributed by atoms with van der Waals surface area (Å²) >= 11 is 0. The highest BCUT2D eigenvalue weighted by molar-refractivity contribution is 5.74. The lowest BCUT2D eigenvalue weighted by molar-refractivity contribution is -0.119. The predicted molar refractivity (Wildman–Crippen MR) is 94.7 cm³/mol. The molecule has 0 heterocycles. The third-order valence-electron chi connectivity index (χ3n) is 3.88. The zero-order valence-corrected chi connectivity index (χ0v) is 14.7. The molecule has 0 bridgehead atoms. The minimum Gasteiger partial charge on any atom is -0.491 e.